The Labute approximate surface area is 279 Å². The summed E-state index contributed by atoms with van der Waals surface area (Å²) in [5, 5.41) is 24.1. The van der Waals surface area contributed by atoms with Crippen LogP contribution >= 0.6 is 46.8 Å². The van der Waals surface area contributed by atoms with Crippen LogP contribution in [-0.4, -0.2) is 111 Å². The summed E-state index contributed by atoms with van der Waals surface area (Å²) in [6.07, 6.45) is 1.59. The Morgan fingerprint density at radius 3 is 2.52 bits per heavy atom. The zero-order valence-corrected chi connectivity index (χ0v) is 27.6. The summed E-state index contributed by atoms with van der Waals surface area (Å²) in [7, 11) is 0. The van der Waals surface area contributed by atoms with Gasteiger partial charge in [-0.15, -0.1) is 11.8 Å². The summed E-state index contributed by atoms with van der Waals surface area (Å²) in [6, 6.07) is 0.658. The number of aliphatic carboxylic acids is 1. The van der Waals surface area contributed by atoms with E-state index in [1.807, 2.05) is 0 Å². The number of aromatic nitrogens is 3. The fourth-order valence-electron chi connectivity index (χ4n) is 4.30. The Kier molecular flexibility index (Phi) is 11.6. The Balaban J connectivity index is 1.43. The molecule has 0 aliphatic carbocycles. The van der Waals surface area contributed by atoms with Crippen LogP contribution < -0.4 is 22.5 Å². The van der Waals surface area contributed by atoms with Crippen molar-refractivity contribution in [1.29, 1.82) is 0 Å². The highest BCUT2D eigenvalue weighted by Gasteiger charge is 2.54. The molecule has 21 heteroatoms. The van der Waals surface area contributed by atoms with E-state index in [-0.39, 0.29) is 29.0 Å². The molecular formula is C25H30N10O7S4. The summed E-state index contributed by atoms with van der Waals surface area (Å²) < 4.78 is 3.83. The average molecular weight is 711 g/mol. The second-order valence-corrected chi connectivity index (χ2v) is 14.0. The molecule has 0 spiro atoms. The van der Waals surface area contributed by atoms with Gasteiger partial charge >= 0.3 is 5.97 Å². The molecule has 4 amide bonds. The van der Waals surface area contributed by atoms with Crippen molar-refractivity contribution in [1.82, 2.24) is 29.5 Å². The molecule has 4 rings (SSSR count). The molecule has 17 nitrogen and oxygen atoms in total. The Bertz CT molecular complexity index is 1580. The lowest BCUT2D eigenvalue weighted by atomic mass is 10.0. The van der Waals surface area contributed by atoms with Gasteiger partial charge in [-0.2, -0.15) is 21.1 Å². The van der Waals surface area contributed by atoms with Crippen molar-refractivity contribution in [2.75, 3.05) is 23.8 Å². The van der Waals surface area contributed by atoms with Crippen molar-refractivity contribution in [3.8, 4) is 0 Å². The van der Waals surface area contributed by atoms with Crippen LogP contribution in [0.5, 0.6) is 0 Å². The predicted octanol–water partition coefficient (Wildman–Crippen LogP) is -0.535. The number of carbonyl (C=O) groups excluding carboxylic acids is 4. The van der Waals surface area contributed by atoms with Crippen molar-refractivity contribution in [2.24, 2.45) is 16.6 Å². The number of hydrogen-bond acceptors (Lipinski definition) is 17. The second kappa shape index (κ2) is 15.2. The van der Waals surface area contributed by atoms with E-state index in [0.717, 1.165) is 33.1 Å². The Hall–Kier alpha value is -3.76. The van der Waals surface area contributed by atoms with Crippen LogP contribution in [0.4, 0.5) is 5.13 Å². The number of carboxylic acid groups (broad SMARTS) is 1. The summed E-state index contributed by atoms with van der Waals surface area (Å²) >= 11 is 4.62. The molecule has 2 aromatic rings. The van der Waals surface area contributed by atoms with E-state index in [2.05, 4.69) is 24.8 Å². The first kappa shape index (κ1) is 35.1. The minimum Gasteiger partial charge on any atom is -0.477 e. The van der Waals surface area contributed by atoms with E-state index < -0.39 is 58.8 Å². The molecule has 4 atom stereocenters. The van der Waals surface area contributed by atoms with Gasteiger partial charge in [0.05, 0.1) is 17.8 Å². The van der Waals surface area contributed by atoms with E-state index in [4.69, 9.17) is 17.2 Å². The topological polar surface area (TPSA) is 273 Å². The van der Waals surface area contributed by atoms with E-state index >= 15 is 0 Å². The number of nitrogen functional groups attached to an aromatic ring is 1. The van der Waals surface area contributed by atoms with Gasteiger partial charge in [0, 0.05) is 51.3 Å². The van der Waals surface area contributed by atoms with Crippen molar-refractivity contribution in [3.63, 3.8) is 0 Å². The van der Waals surface area contributed by atoms with Gasteiger partial charge in [0.2, 0.25) is 23.4 Å². The van der Waals surface area contributed by atoms with Crippen LogP contribution in [0.15, 0.2) is 39.0 Å². The first-order chi connectivity index (χ1) is 21.8. The number of nitrogens with two attached hydrogens (primary N) is 3. The standard InChI is InChI=1S/C25H30N10O7S4/c1-10(26)20(37)34(21(38)11(2)27)6-7-43-8-12-13(4-3-5-29-12)45-14-9-44-23-16(22(39)35(23)17(14)24(40)41)30-19(36)15(32-42)18-31-25(28)46-33-18/h3-5,10-11,16,23,42H,6-9,26-27H2,1-2H3,(H,30,36)(H,40,41)(H2,28,31,33)/b32-15-/t10-,11-,16+,23-/m0/s1. The van der Waals surface area contributed by atoms with Gasteiger partial charge in [-0.25, -0.2) is 4.79 Å². The zero-order chi connectivity index (χ0) is 33.7. The highest BCUT2D eigenvalue weighted by atomic mass is 32.2. The lowest BCUT2D eigenvalue weighted by Gasteiger charge is -2.49. The van der Waals surface area contributed by atoms with Crippen LogP contribution in [0.3, 0.4) is 0 Å². The van der Waals surface area contributed by atoms with Crippen molar-refractivity contribution in [3.05, 3.63) is 40.5 Å². The van der Waals surface area contributed by atoms with E-state index in [1.54, 1.807) is 18.3 Å². The van der Waals surface area contributed by atoms with Gasteiger partial charge in [-0.05, 0) is 26.0 Å². The van der Waals surface area contributed by atoms with Gasteiger partial charge in [0.25, 0.3) is 11.8 Å². The minimum absolute atomic E-state index is 0.0447. The molecule has 0 radical (unpaired) electrons. The number of imide groups is 1. The van der Waals surface area contributed by atoms with Gasteiger partial charge < -0.3 is 32.8 Å². The lowest BCUT2D eigenvalue weighted by Crippen LogP contribution is -2.71. The maximum atomic E-state index is 13.1. The maximum absolute atomic E-state index is 13.1. The molecule has 0 unspecified atom stereocenters. The summed E-state index contributed by atoms with van der Waals surface area (Å²) in [5.41, 5.74) is 16.8. The molecule has 0 saturated carbocycles. The molecule has 0 bridgehead atoms. The molecule has 1 saturated heterocycles. The van der Waals surface area contributed by atoms with Crippen LogP contribution in [0.1, 0.15) is 25.4 Å². The predicted molar refractivity (Wildman–Crippen MR) is 173 cm³/mol. The fourth-order valence-corrected chi connectivity index (χ4v) is 8.28. The Morgan fingerprint density at radius 1 is 1.24 bits per heavy atom. The molecule has 1 fully saturated rings. The first-order valence-corrected chi connectivity index (χ1v) is 17.2. The number of pyridine rings is 1. The number of amides is 4. The maximum Gasteiger partial charge on any atom is 0.353 e. The van der Waals surface area contributed by atoms with Crippen LogP contribution in [0.25, 0.3) is 0 Å². The molecule has 0 aromatic carbocycles. The molecule has 2 aliphatic rings. The number of thioether (sulfide) groups is 3. The van der Waals surface area contributed by atoms with Crippen molar-refractivity contribution < 1.29 is 34.3 Å². The first-order valence-electron chi connectivity index (χ1n) is 13.4. The Morgan fingerprint density at radius 2 is 1.93 bits per heavy atom. The van der Waals surface area contributed by atoms with Crippen molar-refractivity contribution in [2.45, 2.75) is 48.0 Å². The largest absolute Gasteiger partial charge is 0.477 e. The molecule has 2 aliphatic heterocycles. The number of β-lactam (4-membered cyclic amide) rings is 1. The highest BCUT2D eigenvalue weighted by Crippen LogP contribution is 2.45. The van der Waals surface area contributed by atoms with E-state index in [1.165, 1.54) is 37.4 Å². The number of hydrogen-bond donors (Lipinski definition) is 6. The van der Waals surface area contributed by atoms with Crippen LogP contribution in [0.2, 0.25) is 0 Å². The quantitative estimate of drug-likeness (QED) is 0.0501. The number of carboxylic acids is 1. The number of oxime groups is 1. The third kappa shape index (κ3) is 7.61. The molecule has 9 N–H and O–H groups in total. The molecule has 246 valence electrons. The summed E-state index contributed by atoms with van der Waals surface area (Å²) in [4.78, 5) is 74.6. The van der Waals surface area contributed by atoms with E-state index in [0.29, 0.717) is 27.0 Å². The molecule has 2 aromatic heterocycles. The fraction of sp³-hybridized carbons (Fsp3) is 0.400. The summed E-state index contributed by atoms with van der Waals surface area (Å²) in [5.74, 6) is -3.19. The summed E-state index contributed by atoms with van der Waals surface area (Å²) in [6.45, 7) is 3.08. The third-order valence-corrected chi connectivity index (χ3v) is 10.6. The smallest absolute Gasteiger partial charge is 0.353 e. The number of fused-ring (bicyclic) bond motifs is 1. The molecule has 46 heavy (non-hydrogen) atoms. The van der Waals surface area contributed by atoms with Gasteiger partial charge in [-0.1, -0.05) is 16.9 Å². The number of nitrogens with zero attached hydrogens (tertiary/aromatic N) is 6. The highest BCUT2D eigenvalue weighted by molar-refractivity contribution is 8.06. The van der Waals surface area contributed by atoms with Crippen LogP contribution in [-0.2, 0) is 29.7 Å². The number of nitrogens with one attached hydrogen (secondary N) is 1. The lowest BCUT2D eigenvalue weighted by molar-refractivity contribution is -0.150. The SMILES string of the molecule is C[C@H](N)C(=O)N(CCSCc1ncccc1SC1=C(C(=O)O)N2C(=O)[C@@H](NC(=O)/C(=N\O)c3nsc(N)n3)[C@@H]2SC1)C(=O)[C@H](C)N. The van der Waals surface area contributed by atoms with Gasteiger partial charge in [0.1, 0.15) is 17.1 Å². The van der Waals surface area contributed by atoms with Crippen LogP contribution in [0, 0.1) is 0 Å². The second-order valence-electron chi connectivity index (χ2n) is 9.85. The molecular weight excluding hydrogens is 681 g/mol. The normalized spacial score (nSPS) is 19.2. The van der Waals surface area contributed by atoms with Gasteiger partial charge in [-0.3, -0.25) is 34.0 Å². The average Bonchev–Trinajstić information content (AvgIpc) is 3.45. The third-order valence-electron chi connectivity index (χ3n) is 6.48. The minimum atomic E-state index is -1.32. The molecule has 4 heterocycles. The number of rotatable bonds is 13. The van der Waals surface area contributed by atoms with Gasteiger partial charge in [0.15, 0.2) is 5.13 Å². The van der Waals surface area contributed by atoms with Crippen molar-refractivity contribution >= 4 is 87.3 Å². The number of carbonyl (C=O) groups is 5. The number of anilines is 1. The monoisotopic (exact) mass is 710 g/mol. The zero-order valence-electron chi connectivity index (χ0n) is 24.4. The van der Waals surface area contributed by atoms with E-state index in [9.17, 15) is 34.3 Å².